The number of aromatic nitrogens is 1. The molecule has 0 saturated heterocycles. The van der Waals surface area contributed by atoms with Crippen molar-refractivity contribution >= 4 is 22.5 Å². The van der Waals surface area contributed by atoms with Gasteiger partial charge in [-0.05, 0) is 29.2 Å². The van der Waals surface area contributed by atoms with Gasteiger partial charge in [0.1, 0.15) is 5.15 Å². The maximum Gasteiger partial charge on any atom is 0.134 e. The van der Waals surface area contributed by atoms with Crippen molar-refractivity contribution in [1.29, 1.82) is 5.26 Å². The van der Waals surface area contributed by atoms with Gasteiger partial charge in [0, 0.05) is 10.9 Å². The Morgan fingerprint density at radius 1 is 1.28 bits per heavy atom. The van der Waals surface area contributed by atoms with Gasteiger partial charge in [-0.15, -0.1) is 0 Å². The molecule has 0 saturated carbocycles. The van der Waals surface area contributed by atoms with E-state index in [0.29, 0.717) is 11.6 Å². The molecule has 0 N–H and O–H groups in total. The van der Waals surface area contributed by atoms with Crippen molar-refractivity contribution in [1.82, 2.24) is 4.98 Å². The monoisotopic (exact) mass is 258 g/mol. The van der Waals surface area contributed by atoms with Crippen LogP contribution in [-0.2, 0) is 11.8 Å². The van der Waals surface area contributed by atoms with Gasteiger partial charge in [0.25, 0.3) is 0 Å². The van der Waals surface area contributed by atoms with Crippen LogP contribution in [0.1, 0.15) is 31.9 Å². The first-order valence-electron chi connectivity index (χ1n) is 5.88. The molecule has 2 nitrogen and oxygen atoms in total. The number of fused-ring (bicyclic) bond motifs is 1. The van der Waals surface area contributed by atoms with E-state index in [4.69, 9.17) is 16.9 Å². The molecule has 1 heterocycles. The van der Waals surface area contributed by atoms with Crippen LogP contribution >= 0.6 is 11.6 Å². The van der Waals surface area contributed by atoms with E-state index in [-0.39, 0.29) is 5.41 Å². The van der Waals surface area contributed by atoms with Gasteiger partial charge in [0.2, 0.25) is 0 Å². The van der Waals surface area contributed by atoms with Crippen LogP contribution in [0.4, 0.5) is 0 Å². The minimum Gasteiger partial charge on any atom is -0.236 e. The lowest BCUT2D eigenvalue weighted by Crippen LogP contribution is -2.10. The predicted molar refractivity (Wildman–Crippen MR) is 74.8 cm³/mol. The third kappa shape index (κ3) is 2.47. The topological polar surface area (TPSA) is 36.7 Å². The van der Waals surface area contributed by atoms with Crippen molar-refractivity contribution in [2.75, 3.05) is 0 Å². The molecule has 0 atom stereocenters. The van der Waals surface area contributed by atoms with E-state index in [0.717, 1.165) is 16.5 Å². The highest BCUT2D eigenvalue weighted by atomic mass is 35.5. The van der Waals surface area contributed by atoms with E-state index >= 15 is 0 Å². The maximum absolute atomic E-state index is 8.76. The second-order valence-electron chi connectivity index (χ2n) is 5.43. The number of nitrogens with zero attached hydrogens (tertiary/aromatic N) is 2. The smallest absolute Gasteiger partial charge is 0.134 e. The quantitative estimate of drug-likeness (QED) is 0.717. The molecule has 18 heavy (non-hydrogen) atoms. The summed E-state index contributed by atoms with van der Waals surface area (Å²) in [6.07, 6.45) is 0.293. The van der Waals surface area contributed by atoms with Gasteiger partial charge in [0.05, 0.1) is 18.0 Å². The molecule has 0 fully saturated rings. The number of hydrogen-bond donors (Lipinski definition) is 0. The van der Waals surface area contributed by atoms with E-state index in [1.807, 2.05) is 12.1 Å². The fraction of sp³-hybridized carbons (Fsp3) is 0.333. The summed E-state index contributed by atoms with van der Waals surface area (Å²) in [4.78, 5) is 4.33. The van der Waals surface area contributed by atoms with Crippen LogP contribution in [0.3, 0.4) is 0 Å². The summed E-state index contributed by atoms with van der Waals surface area (Å²) in [5, 5.41) is 10.2. The first kappa shape index (κ1) is 12.9. The Morgan fingerprint density at radius 3 is 2.61 bits per heavy atom. The van der Waals surface area contributed by atoms with E-state index in [1.165, 1.54) is 5.56 Å². The minimum atomic E-state index is 0.100. The van der Waals surface area contributed by atoms with Crippen molar-refractivity contribution < 1.29 is 0 Å². The predicted octanol–water partition coefficient (Wildman–Crippen LogP) is 4.25. The van der Waals surface area contributed by atoms with Gasteiger partial charge in [-0.25, -0.2) is 4.98 Å². The average Bonchev–Trinajstić information content (AvgIpc) is 2.28. The van der Waals surface area contributed by atoms with E-state index in [9.17, 15) is 0 Å². The molecule has 2 rings (SSSR count). The third-order valence-electron chi connectivity index (χ3n) is 2.98. The second kappa shape index (κ2) is 4.59. The first-order valence-corrected chi connectivity index (χ1v) is 6.26. The van der Waals surface area contributed by atoms with Gasteiger partial charge in [0.15, 0.2) is 0 Å². The van der Waals surface area contributed by atoms with Crippen molar-refractivity contribution in [2.24, 2.45) is 0 Å². The fourth-order valence-electron chi connectivity index (χ4n) is 1.87. The van der Waals surface area contributed by atoms with Gasteiger partial charge >= 0.3 is 0 Å². The largest absolute Gasteiger partial charge is 0.236 e. The standard InChI is InChI=1S/C15H15ClN2/c1-15(2,3)12-4-5-13-11(9-12)8-10(6-7-17)14(16)18-13/h4-5,8-9H,6H2,1-3H3. The van der Waals surface area contributed by atoms with Gasteiger partial charge < -0.3 is 0 Å². The number of hydrogen-bond acceptors (Lipinski definition) is 2. The Morgan fingerprint density at radius 2 is 2.00 bits per heavy atom. The van der Waals surface area contributed by atoms with Crippen LogP contribution in [-0.4, -0.2) is 4.98 Å². The molecule has 1 aromatic carbocycles. The Bertz CT molecular complexity index is 633. The third-order valence-corrected chi connectivity index (χ3v) is 3.30. The lowest BCUT2D eigenvalue weighted by Gasteiger charge is -2.19. The highest BCUT2D eigenvalue weighted by molar-refractivity contribution is 6.30. The van der Waals surface area contributed by atoms with Crippen LogP contribution in [0.2, 0.25) is 5.15 Å². The highest BCUT2D eigenvalue weighted by Crippen LogP contribution is 2.27. The number of benzene rings is 1. The van der Waals surface area contributed by atoms with Crippen molar-refractivity contribution in [2.45, 2.75) is 32.6 Å². The lowest BCUT2D eigenvalue weighted by atomic mass is 9.86. The average molecular weight is 259 g/mol. The van der Waals surface area contributed by atoms with Gasteiger partial charge in [-0.1, -0.05) is 38.4 Å². The number of rotatable bonds is 1. The molecule has 0 amide bonds. The Balaban J connectivity index is 2.62. The zero-order valence-corrected chi connectivity index (χ0v) is 11.5. The Labute approximate surface area is 112 Å². The van der Waals surface area contributed by atoms with Gasteiger partial charge in [-0.2, -0.15) is 5.26 Å². The molecular weight excluding hydrogens is 244 g/mol. The van der Waals surface area contributed by atoms with Crippen LogP contribution in [0.5, 0.6) is 0 Å². The SMILES string of the molecule is CC(C)(C)c1ccc2nc(Cl)c(CC#N)cc2c1. The summed E-state index contributed by atoms with van der Waals surface area (Å²) < 4.78 is 0. The Hall–Kier alpha value is -1.59. The molecular formula is C15H15ClN2. The van der Waals surface area contributed by atoms with Gasteiger partial charge in [-0.3, -0.25) is 0 Å². The van der Waals surface area contributed by atoms with Crippen LogP contribution in [0.25, 0.3) is 10.9 Å². The molecule has 0 unspecified atom stereocenters. The van der Waals surface area contributed by atoms with Crippen molar-refractivity contribution in [3.63, 3.8) is 0 Å². The first-order chi connectivity index (χ1) is 8.41. The van der Waals surface area contributed by atoms with E-state index < -0.39 is 0 Å². The molecule has 0 bridgehead atoms. The summed E-state index contributed by atoms with van der Waals surface area (Å²) in [7, 11) is 0. The van der Waals surface area contributed by atoms with Crippen molar-refractivity contribution in [3.8, 4) is 6.07 Å². The molecule has 1 aromatic heterocycles. The molecule has 92 valence electrons. The molecule has 0 aliphatic carbocycles. The lowest BCUT2D eigenvalue weighted by molar-refractivity contribution is 0.591. The zero-order valence-electron chi connectivity index (χ0n) is 10.8. The van der Waals surface area contributed by atoms with E-state index in [2.05, 4.69) is 44.0 Å². The summed E-state index contributed by atoms with van der Waals surface area (Å²) in [5.41, 5.74) is 3.01. The molecule has 0 spiro atoms. The number of pyridine rings is 1. The number of nitriles is 1. The van der Waals surface area contributed by atoms with Crippen LogP contribution < -0.4 is 0 Å². The van der Waals surface area contributed by atoms with Crippen LogP contribution in [0.15, 0.2) is 24.3 Å². The molecule has 0 aliphatic rings. The second-order valence-corrected chi connectivity index (χ2v) is 5.79. The molecule has 0 radical (unpaired) electrons. The molecule has 2 aromatic rings. The summed E-state index contributed by atoms with van der Waals surface area (Å²) in [6, 6.07) is 10.3. The van der Waals surface area contributed by atoms with Crippen LogP contribution in [0, 0.1) is 11.3 Å². The fourth-order valence-corrected chi connectivity index (χ4v) is 2.08. The summed E-state index contributed by atoms with van der Waals surface area (Å²) >= 11 is 6.05. The zero-order chi connectivity index (χ0) is 13.3. The highest BCUT2D eigenvalue weighted by Gasteiger charge is 2.14. The molecule has 3 heteroatoms. The maximum atomic E-state index is 8.76. The minimum absolute atomic E-state index is 0.100. The van der Waals surface area contributed by atoms with Crippen molar-refractivity contribution in [3.05, 3.63) is 40.5 Å². The van der Waals surface area contributed by atoms with E-state index in [1.54, 1.807) is 0 Å². The summed E-state index contributed by atoms with van der Waals surface area (Å²) in [6.45, 7) is 6.52. The normalized spacial score (nSPS) is 11.5. The number of halogens is 1. The summed E-state index contributed by atoms with van der Waals surface area (Å²) in [5.74, 6) is 0. The molecule has 0 aliphatic heterocycles. The Kier molecular flexibility index (Phi) is 3.28.